The van der Waals surface area contributed by atoms with Gasteiger partial charge < -0.3 is 5.73 Å². The summed E-state index contributed by atoms with van der Waals surface area (Å²) in [6.07, 6.45) is 0. The minimum absolute atomic E-state index is 0.208. The first-order valence-electron chi connectivity index (χ1n) is 8.41. The van der Waals surface area contributed by atoms with E-state index in [1.807, 2.05) is 36.4 Å². The monoisotopic (exact) mass is 345 g/mol. The molecule has 0 saturated heterocycles. The average Bonchev–Trinajstić information content (AvgIpc) is 2.67. The quantitative estimate of drug-likeness (QED) is 0.364. The Bertz CT molecular complexity index is 1010. The molecule has 0 aliphatic rings. The smallest absolute Gasteiger partial charge is 0.123 e. The summed E-state index contributed by atoms with van der Waals surface area (Å²) >= 11 is 0. The van der Waals surface area contributed by atoms with E-state index in [1.54, 1.807) is 24.3 Å². The largest absolute Gasteiger partial charge is 0.398 e. The summed E-state index contributed by atoms with van der Waals surface area (Å²) < 4.78 is 26.8. The lowest BCUT2D eigenvalue weighted by Crippen LogP contribution is -2.07. The number of rotatable bonds is 3. The normalized spacial score (nSPS) is 11.2. The molecule has 0 aliphatic carbocycles. The van der Waals surface area contributed by atoms with Gasteiger partial charge in [-0.25, -0.2) is 8.78 Å². The van der Waals surface area contributed by atoms with Crippen LogP contribution in [0.5, 0.6) is 0 Å². The zero-order valence-electron chi connectivity index (χ0n) is 14.0. The van der Waals surface area contributed by atoms with Crippen LogP contribution in [0.2, 0.25) is 0 Å². The van der Waals surface area contributed by atoms with Crippen molar-refractivity contribution in [3.63, 3.8) is 0 Å². The lowest BCUT2D eigenvalue weighted by molar-refractivity contribution is 0.626. The fourth-order valence-corrected chi connectivity index (χ4v) is 3.43. The van der Waals surface area contributed by atoms with E-state index in [4.69, 9.17) is 5.73 Å². The maximum Gasteiger partial charge on any atom is 0.123 e. The molecule has 0 unspecified atom stereocenters. The van der Waals surface area contributed by atoms with E-state index < -0.39 is 0 Å². The minimum Gasteiger partial charge on any atom is -0.398 e. The topological polar surface area (TPSA) is 26.0 Å². The van der Waals surface area contributed by atoms with Gasteiger partial charge in [0.25, 0.3) is 0 Å². The van der Waals surface area contributed by atoms with Gasteiger partial charge in [-0.3, -0.25) is 0 Å². The van der Waals surface area contributed by atoms with Crippen molar-refractivity contribution in [2.75, 3.05) is 5.73 Å². The molecule has 0 saturated carbocycles. The van der Waals surface area contributed by atoms with Gasteiger partial charge in [-0.1, -0.05) is 60.7 Å². The third kappa shape index (κ3) is 2.92. The van der Waals surface area contributed by atoms with Crippen molar-refractivity contribution < 1.29 is 8.78 Å². The number of hydrogen-bond donors (Lipinski definition) is 1. The summed E-state index contributed by atoms with van der Waals surface area (Å²) in [5, 5.41) is 2.03. The van der Waals surface area contributed by atoms with Crippen LogP contribution in [0.4, 0.5) is 14.5 Å². The van der Waals surface area contributed by atoms with Gasteiger partial charge in [-0.2, -0.15) is 0 Å². The van der Waals surface area contributed by atoms with Crippen molar-refractivity contribution >= 4 is 16.5 Å². The highest BCUT2D eigenvalue weighted by molar-refractivity contribution is 5.95. The molecule has 4 rings (SSSR count). The molecule has 26 heavy (non-hydrogen) atoms. The molecule has 3 heteroatoms. The number of halogens is 2. The van der Waals surface area contributed by atoms with Crippen LogP contribution in [0.3, 0.4) is 0 Å². The molecule has 0 spiro atoms. The molecule has 1 nitrogen and oxygen atoms in total. The van der Waals surface area contributed by atoms with Gasteiger partial charge >= 0.3 is 0 Å². The van der Waals surface area contributed by atoms with E-state index in [-0.39, 0.29) is 17.6 Å². The SMILES string of the molecule is Nc1c(C(c2ccc(F)cc2)c2ccc(F)cc2)ccc2ccccc12. The molecule has 128 valence electrons. The van der Waals surface area contributed by atoms with Crippen LogP contribution in [-0.4, -0.2) is 0 Å². The number of fused-ring (bicyclic) bond motifs is 1. The first-order chi connectivity index (χ1) is 12.6. The second-order valence-electron chi connectivity index (χ2n) is 6.33. The second-order valence-corrected chi connectivity index (χ2v) is 6.33. The number of benzene rings is 4. The first-order valence-corrected chi connectivity index (χ1v) is 8.41. The second kappa shape index (κ2) is 6.60. The zero-order valence-corrected chi connectivity index (χ0v) is 14.0. The van der Waals surface area contributed by atoms with Crippen molar-refractivity contribution in [3.8, 4) is 0 Å². The Morgan fingerprint density at radius 2 is 1.15 bits per heavy atom. The van der Waals surface area contributed by atoms with Crippen molar-refractivity contribution in [1.82, 2.24) is 0 Å². The molecule has 0 fully saturated rings. The van der Waals surface area contributed by atoms with Crippen LogP contribution in [0, 0.1) is 11.6 Å². The van der Waals surface area contributed by atoms with Crippen molar-refractivity contribution in [1.29, 1.82) is 0 Å². The third-order valence-electron chi connectivity index (χ3n) is 4.72. The van der Waals surface area contributed by atoms with Crippen molar-refractivity contribution in [3.05, 3.63) is 113 Å². The predicted octanol–water partition coefficient (Wildman–Crippen LogP) is 5.88. The van der Waals surface area contributed by atoms with Crippen molar-refractivity contribution in [2.45, 2.75) is 5.92 Å². The number of hydrogen-bond acceptors (Lipinski definition) is 1. The van der Waals surface area contributed by atoms with Gasteiger partial charge in [-0.15, -0.1) is 0 Å². The van der Waals surface area contributed by atoms with E-state index in [2.05, 4.69) is 0 Å². The molecule has 4 aromatic carbocycles. The van der Waals surface area contributed by atoms with E-state index >= 15 is 0 Å². The van der Waals surface area contributed by atoms with Gasteiger partial charge in [0.1, 0.15) is 11.6 Å². The summed E-state index contributed by atoms with van der Waals surface area (Å²) in [7, 11) is 0. The van der Waals surface area contributed by atoms with Crippen LogP contribution in [0.15, 0.2) is 84.9 Å². The van der Waals surface area contributed by atoms with Gasteiger partial charge in [0.2, 0.25) is 0 Å². The van der Waals surface area contributed by atoms with Crippen LogP contribution in [-0.2, 0) is 0 Å². The van der Waals surface area contributed by atoms with E-state index in [9.17, 15) is 8.78 Å². The molecule has 0 aromatic heterocycles. The summed E-state index contributed by atoms with van der Waals surface area (Å²) in [6, 6.07) is 24.7. The fourth-order valence-electron chi connectivity index (χ4n) is 3.43. The summed E-state index contributed by atoms with van der Waals surface area (Å²) in [5.74, 6) is -0.794. The summed E-state index contributed by atoms with van der Waals surface area (Å²) in [6.45, 7) is 0. The standard InChI is InChI=1S/C23H17F2N/c24-18-10-5-16(6-11-18)22(17-7-12-19(25)13-8-17)21-14-9-15-3-1-2-4-20(15)23(21)26/h1-14,22H,26H2. The zero-order chi connectivity index (χ0) is 18.1. The van der Waals surface area contributed by atoms with Crippen molar-refractivity contribution in [2.24, 2.45) is 0 Å². The molecule has 4 aromatic rings. The minimum atomic E-state index is -0.293. The van der Waals surface area contributed by atoms with Crippen LogP contribution in [0.25, 0.3) is 10.8 Å². The van der Waals surface area contributed by atoms with Gasteiger partial charge in [0.05, 0.1) is 0 Å². The maximum absolute atomic E-state index is 13.4. The Kier molecular flexibility index (Phi) is 4.13. The molecule has 0 aliphatic heterocycles. The van der Waals surface area contributed by atoms with Crippen LogP contribution in [0.1, 0.15) is 22.6 Å². The van der Waals surface area contributed by atoms with Gasteiger partial charge in [-0.05, 0) is 46.3 Å². The average molecular weight is 345 g/mol. The Morgan fingerprint density at radius 3 is 1.73 bits per heavy atom. The third-order valence-corrected chi connectivity index (χ3v) is 4.72. The molecular formula is C23H17F2N. The molecular weight excluding hydrogens is 328 g/mol. The van der Waals surface area contributed by atoms with E-state index in [0.717, 1.165) is 27.5 Å². The molecule has 0 heterocycles. The molecule has 0 bridgehead atoms. The Hall–Kier alpha value is -3.20. The Balaban J connectivity index is 1.94. The van der Waals surface area contributed by atoms with E-state index in [1.165, 1.54) is 24.3 Å². The van der Waals surface area contributed by atoms with Crippen LogP contribution >= 0.6 is 0 Å². The van der Waals surface area contributed by atoms with E-state index in [0.29, 0.717) is 5.69 Å². The number of nitrogens with two attached hydrogens (primary N) is 1. The fraction of sp³-hybridized carbons (Fsp3) is 0.0435. The molecule has 0 radical (unpaired) electrons. The molecule has 0 atom stereocenters. The highest BCUT2D eigenvalue weighted by atomic mass is 19.1. The Morgan fingerprint density at radius 1 is 0.615 bits per heavy atom. The Labute approximate surface area is 150 Å². The lowest BCUT2D eigenvalue weighted by atomic mass is 9.83. The summed E-state index contributed by atoms with van der Waals surface area (Å²) in [5.41, 5.74) is 9.91. The predicted molar refractivity (Wildman–Crippen MR) is 102 cm³/mol. The molecule has 2 N–H and O–H groups in total. The number of nitrogen functional groups attached to an aromatic ring is 1. The van der Waals surface area contributed by atoms with Gasteiger partial charge in [0, 0.05) is 17.0 Å². The van der Waals surface area contributed by atoms with Gasteiger partial charge in [0.15, 0.2) is 0 Å². The highest BCUT2D eigenvalue weighted by Gasteiger charge is 2.20. The van der Waals surface area contributed by atoms with Crippen LogP contribution < -0.4 is 5.73 Å². The number of anilines is 1. The first kappa shape index (κ1) is 16.3. The molecule has 0 amide bonds. The lowest BCUT2D eigenvalue weighted by Gasteiger charge is -2.21. The highest BCUT2D eigenvalue weighted by Crippen LogP contribution is 2.38. The maximum atomic E-state index is 13.4. The summed E-state index contributed by atoms with van der Waals surface area (Å²) in [4.78, 5) is 0.